The summed E-state index contributed by atoms with van der Waals surface area (Å²) >= 11 is 12.3. The smallest absolute Gasteiger partial charge is 0.258 e. The number of hydrogen-bond acceptors (Lipinski definition) is 6. The number of rotatable bonds is 5. The van der Waals surface area contributed by atoms with Crippen molar-refractivity contribution in [3.63, 3.8) is 0 Å². The van der Waals surface area contributed by atoms with E-state index in [9.17, 15) is 14.0 Å². The summed E-state index contributed by atoms with van der Waals surface area (Å²) in [5, 5.41) is 3.08. The Hall–Kier alpha value is -3.43. The molecule has 2 aliphatic heterocycles. The fourth-order valence-corrected chi connectivity index (χ4v) is 5.51. The van der Waals surface area contributed by atoms with Gasteiger partial charge in [-0.05, 0) is 49.6 Å². The predicted octanol–water partition coefficient (Wildman–Crippen LogP) is 4.75. The standard InChI is InChI=1S/C25H22Cl2FN5O3/c1-13(20-16(26)3-4-17(28)21(20)27)36-23-22(29)30-11-19(31-23)14-2-5-18-15(10-14)25(24(35)32-18)6-8-33(12-34)9-7-25/h2-5,10-13H,6-9H2,1H3,(H2,29,30)(H,32,35)/t13-/m1/s1. The lowest BCUT2D eigenvalue weighted by molar-refractivity contribution is -0.126. The molecule has 2 aliphatic rings. The summed E-state index contributed by atoms with van der Waals surface area (Å²) in [7, 11) is 0. The first kappa shape index (κ1) is 24.3. The van der Waals surface area contributed by atoms with E-state index < -0.39 is 17.3 Å². The van der Waals surface area contributed by atoms with Crippen LogP contribution in [-0.2, 0) is 15.0 Å². The van der Waals surface area contributed by atoms with Crippen LogP contribution < -0.4 is 15.8 Å². The quantitative estimate of drug-likeness (QED) is 0.364. The molecular weight excluding hydrogens is 508 g/mol. The van der Waals surface area contributed by atoms with Crippen LogP contribution in [0, 0.1) is 5.82 Å². The van der Waals surface area contributed by atoms with Crippen molar-refractivity contribution in [2.45, 2.75) is 31.3 Å². The molecule has 36 heavy (non-hydrogen) atoms. The van der Waals surface area contributed by atoms with Gasteiger partial charge in [0.15, 0.2) is 5.82 Å². The fourth-order valence-electron chi connectivity index (χ4n) is 4.83. The van der Waals surface area contributed by atoms with Crippen molar-refractivity contribution in [3.8, 4) is 17.1 Å². The number of nitrogens with zero attached hydrogens (tertiary/aromatic N) is 3. The third-order valence-electron chi connectivity index (χ3n) is 6.86. The average molecular weight is 530 g/mol. The first-order chi connectivity index (χ1) is 17.2. The molecule has 186 valence electrons. The molecule has 3 heterocycles. The lowest BCUT2D eigenvalue weighted by atomic mass is 9.73. The summed E-state index contributed by atoms with van der Waals surface area (Å²) in [5.41, 5.74) is 8.39. The van der Waals surface area contributed by atoms with Gasteiger partial charge in [0.25, 0.3) is 5.88 Å². The Morgan fingerprint density at radius 1 is 1.25 bits per heavy atom. The molecule has 1 fully saturated rings. The van der Waals surface area contributed by atoms with Gasteiger partial charge in [-0.15, -0.1) is 0 Å². The van der Waals surface area contributed by atoms with Gasteiger partial charge in [-0.25, -0.2) is 14.4 Å². The van der Waals surface area contributed by atoms with Crippen molar-refractivity contribution in [1.82, 2.24) is 14.9 Å². The zero-order valence-corrected chi connectivity index (χ0v) is 20.7. The number of nitrogen functional groups attached to an aromatic ring is 1. The highest BCUT2D eigenvalue weighted by molar-refractivity contribution is 6.36. The normalized spacial score (nSPS) is 17.0. The molecule has 11 heteroatoms. The highest BCUT2D eigenvalue weighted by Gasteiger charge is 2.48. The molecule has 2 aromatic carbocycles. The molecule has 0 unspecified atom stereocenters. The molecule has 1 atom stereocenters. The van der Waals surface area contributed by atoms with Gasteiger partial charge < -0.3 is 20.7 Å². The third-order valence-corrected chi connectivity index (χ3v) is 7.57. The maximum Gasteiger partial charge on any atom is 0.258 e. The monoisotopic (exact) mass is 529 g/mol. The molecule has 5 rings (SSSR count). The second-order valence-corrected chi connectivity index (χ2v) is 9.69. The van der Waals surface area contributed by atoms with Gasteiger partial charge in [0.1, 0.15) is 11.9 Å². The number of likely N-dealkylation sites (tertiary alicyclic amines) is 1. The Labute approximate surface area is 216 Å². The van der Waals surface area contributed by atoms with E-state index in [0.29, 0.717) is 37.2 Å². The van der Waals surface area contributed by atoms with E-state index in [1.54, 1.807) is 11.8 Å². The molecule has 0 radical (unpaired) electrons. The lowest BCUT2D eigenvalue weighted by Gasteiger charge is -2.36. The molecule has 1 spiro atoms. The minimum Gasteiger partial charge on any atom is -0.467 e. The van der Waals surface area contributed by atoms with Gasteiger partial charge in [0.05, 0.1) is 22.3 Å². The second-order valence-electron chi connectivity index (χ2n) is 8.90. The number of aromatic nitrogens is 2. The molecular formula is C25H22Cl2FN5O3. The highest BCUT2D eigenvalue weighted by atomic mass is 35.5. The summed E-state index contributed by atoms with van der Waals surface area (Å²) in [4.78, 5) is 34.6. The first-order valence-corrected chi connectivity index (χ1v) is 12.1. The number of piperidine rings is 1. The minimum atomic E-state index is -0.763. The van der Waals surface area contributed by atoms with E-state index >= 15 is 0 Å². The lowest BCUT2D eigenvalue weighted by Crippen LogP contribution is -2.45. The number of nitrogens with two attached hydrogens (primary N) is 1. The molecule has 1 aromatic heterocycles. The predicted molar refractivity (Wildman–Crippen MR) is 135 cm³/mol. The summed E-state index contributed by atoms with van der Waals surface area (Å²) in [6, 6.07) is 8.15. The van der Waals surface area contributed by atoms with E-state index in [1.165, 1.54) is 18.3 Å². The molecule has 0 aliphatic carbocycles. The first-order valence-electron chi connectivity index (χ1n) is 11.3. The fraction of sp³-hybridized carbons (Fsp3) is 0.280. The Balaban J connectivity index is 1.47. The highest BCUT2D eigenvalue weighted by Crippen LogP contribution is 2.46. The Kier molecular flexibility index (Phi) is 6.22. The summed E-state index contributed by atoms with van der Waals surface area (Å²) in [5.74, 6) is -0.594. The van der Waals surface area contributed by atoms with Gasteiger partial charge in [-0.3, -0.25) is 9.59 Å². The molecule has 3 N–H and O–H groups in total. The minimum absolute atomic E-state index is 0.0418. The van der Waals surface area contributed by atoms with Crippen LogP contribution in [0.1, 0.15) is 37.0 Å². The van der Waals surface area contributed by atoms with Crippen molar-refractivity contribution >= 4 is 47.0 Å². The van der Waals surface area contributed by atoms with Crippen LogP contribution in [0.25, 0.3) is 11.3 Å². The van der Waals surface area contributed by atoms with Crippen LogP contribution in [0.3, 0.4) is 0 Å². The molecule has 0 bridgehead atoms. The zero-order chi connectivity index (χ0) is 25.6. The Morgan fingerprint density at radius 2 is 2.00 bits per heavy atom. The van der Waals surface area contributed by atoms with E-state index in [0.717, 1.165) is 17.7 Å². The van der Waals surface area contributed by atoms with E-state index in [4.69, 9.17) is 33.7 Å². The summed E-state index contributed by atoms with van der Waals surface area (Å²) in [6.07, 6.45) is 2.63. The van der Waals surface area contributed by atoms with Crippen LogP contribution >= 0.6 is 23.2 Å². The number of carbonyl (C=O) groups excluding carboxylic acids is 2. The van der Waals surface area contributed by atoms with Crippen LogP contribution in [-0.4, -0.2) is 40.3 Å². The van der Waals surface area contributed by atoms with Crippen molar-refractivity contribution in [2.24, 2.45) is 0 Å². The van der Waals surface area contributed by atoms with Crippen molar-refractivity contribution in [3.05, 3.63) is 63.5 Å². The molecule has 1 saturated heterocycles. The number of benzene rings is 2. The van der Waals surface area contributed by atoms with E-state index in [2.05, 4.69) is 15.3 Å². The average Bonchev–Trinajstić information content (AvgIpc) is 3.13. The van der Waals surface area contributed by atoms with Crippen molar-refractivity contribution in [2.75, 3.05) is 24.1 Å². The van der Waals surface area contributed by atoms with Gasteiger partial charge in [0, 0.05) is 34.9 Å². The molecule has 0 saturated carbocycles. The summed E-state index contributed by atoms with van der Waals surface area (Å²) < 4.78 is 19.9. The van der Waals surface area contributed by atoms with Gasteiger partial charge in [0.2, 0.25) is 12.3 Å². The van der Waals surface area contributed by atoms with Crippen LogP contribution in [0.4, 0.5) is 15.9 Å². The van der Waals surface area contributed by atoms with E-state index in [1.807, 2.05) is 18.2 Å². The van der Waals surface area contributed by atoms with Crippen molar-refractivity contribution in [1.29, 1.82) is 0 Å². The number of hydrogen-bond donors (Lipinski definition) is 2. The number of fused-ring (bicyclic) bond motifs is 2. The van der Waals surface area contributed by atoms with Crippen molar-refractivity contribution < 1.29 is 18.7 Å². The number of halogens is 3. The second kappa shape index (κ2) is 9.22. The largest absolute Gasteiger partial charge is 0.467 e. The Morgan fingerprint density at radius 3 is 2.72 bits per heavy atom. The van der Waals surface area contributed by atoms with Gasteiger partial charge in [-0.2, -0.15) is 0 Å². The third kappa shape index (κ3) is 4.02. The number of carbonyl (C=O) groups is 2. The van der Waals surface area contributed by atoms with Crippen LogP contribution in [0.15, 0.2) is 36.5 Å². The maximum absolute atomic E-state index is 14.0. The van der Waals surface area contributed by atoms with Crippen LogP contribution in [0.2, 0.25) is 10.0 Å². The summed E-state index contributed by atoms with van der Waals surface area (Å²) in [6.45, 7) is 2.66. The molecule has 2 amide bonds. The topological polar surface area (TPSA) is 110 Å². The van der Waals surface area contributed by atoms with E-state index in [-0.39, 0.29) is 33.2 Å². The zero-order valence-electron chi connectivity index (χ0n) is 19.2. The van der Waals surface area contributed by atoms with Gasteiger partial charge in [-0.1, -0.05) is 29.3 Å². The Bertz CT molecular complexity index is 1380. The van der Waals surface area contributed by atoms with Crippen LogP contribution in [0.5, 0.6) is 5.88 Å². The maximum atomic E-state index is 14.0. The number of ether oxygens (including phenoxy) is 1. The molecule has 8 nitrogen and oxygen atoms in total. The number of nitrogens with one attached hydrogen (secondary N) is 1. The number of amides is 2. The molecule has 3 aromatic rings. The SMILES string of the molecule is C[C@@H](Oc1nc(-c2ccc3c(c2)C2(CCN(C=O)CC2)C(=O)N3)cnc1N)c1c(Cl)ccc(F)c1Cl. The van der Waals surface area contributed by atoms with Gasteiger partial charge >= 0.3 is 0 Å². The number of anilines is 2.